The molecule has 1 aliphatic carbocycles. The molecule has 0 spiro atoms. The molecule has 0 amide bonds. The molecule has 0 radical (unpaired) electrons. The molecule has 1 heterocycles. The number of carboxylic acid groups (broad SMARTS) is 1. The van der Waals surface area contributed by atoms with Crippen LogP contribution in [0, 0.1) is 5.92 Å². The first-order chi connectivity index (χ1) is 5.68. The van der Waals surface area contributed by atoms with Gasteiger partial charge in [-0.15, -0.1) is 0 Å². The molecule has 0 unspecified atom stereocenters. The summed E-state index contributed by atoms with van der Waals surface area (Å²) < 4.78 is 5.03. The van der Waals surface area contributed by atoms with Gasteiger partial charge in [0, 0.05) is 5.92 Å². The number of hydrogen-bond acceptors (Lipinski definition) is 3. The highest BCUT2D eigenvalue weighted by atomic mass is 16.4. The van der Waals surface area contributed by atoms with Gasteiger partial charge in [-0.1, -0.05) is 6.92 Å². The van der Waals surface area contributed by atoms with E-state index in [1.54, 1.807) is 0 Å². The van der Waals surface area contributed by atoms with Crippen molar-refractivity contribution in [2.45, 2.75) is 19.3 Å². The van der Waals surface area contributed by atoms with Crippen LogP contribution in [0.2, 0.25) is 0 Å². The van der Waals surface area contributed by atoms with E-state index in [1.165, 1.54) is 6.26 Å². The number of hydrogen-bond donors (Lipinski definition) is 1. The second kappa shape index (κ2) is 2.33. The smallest absolute Gasteiger partial charge is 0.357 e. The highest BCUT2D eigenvalue weighted by Gasteiger charge is 2.38. The maximum absolute atomic E-state index is 10.4. The van der Waals surface area contributed by atoms with Gasteiger partial charge >= 0.3 is 5.97 Å². The Morgan fingerprint density at radius 3 is 2.92 bits per heavy atom. The van der Waals surface area contributed by atoms with Gasteiger partial charge in [-0.05, 0) is 12.3 Å². The summed E-state index contributed by atoms with van der Waals surface area (Å²) in [5.74, 6) is 0.474. The minimum absolute atomic E-state index is 0.00380. The Bertz CT molecular complexity index is 318. The first-order valence-electron chi connectivity index (χ1n) is 3.87. The summed E-state index contributed by atoms with van der Waals surface area (Å²) >= 11 is 0. The maximum Gasteiger partial charge on any atom is 0.357 e. The topological polar surface area (TPSA) is 63.3 Å². The van der Waals surface area contributed by atoms with Crippen molar-refractivity contribution in [2.75, 3.05) is 0 Å². The summed E-state index contributed by atoms with van der Waals surface area (Å²) in [4.78, 5) is 14.3. The Balaban J connectivity index is 2.19. The standard InChI is InChI=1S/C8H9NO3/c1-4-2-5(4)7-9-6(3-12-7)8(10)11/h3-5H,2H2,1H3,(H,10,11)/t4-,5+/m0/s1. The zero-order valence-corrected chi connectivity index (χ0v) is 6.65. The van der Waals surface area contributed by atoms with Gasteiger partial charge in [0.25, 0.3) is 0 Å². The second-order valence-electron chi connectivity index (χ2n) is 3.20. The van der Waals surface area contributed by atoms with E-state index in [4.69, 9.17) is 9.52 Å². The molecule has 2 atom stereocenters. The Labute approximate surface area is 69.2 Å². The van der Waals surface area contributed by atoms with Crippen molar-refractivity contribution in [3.05, 3.63) is 17.8 Å². The summed E-state index contributed by atoms with van der Waals surface area (Å²) in [5.41, 5.74) is 0.00380. The first-order valence-corrected chi connectivity index (χ1v) is 3.87. The van der Waals surface area contributed by atoms with E-state index in [2.05, 4.69) is 11.9 Å². The molecule has 0 saturated heterocycles. The monoisotopic (exact) mass is 167 g/mol. The van der Waals surface area contributed by atoms with Crippen molar-refractivity contribution in [1.29, 1.82) is 0 Å². The molecule has 64 valence electrons. The summed E-state index contributed by atoms with van der Waals surface area (Å²) in [5, 5.41) is 8.54. The van der Waals surface area contributed by atoms with E-state index < -0.39 is 5.97 Å². The van der Waals surface area contributed by atoms with Gasteiger partial charge in [0.2, 0.25) is 0 Å². The maximum atomic E-state index is 10.4. The summed E-state index contributed by atoms with van der Waals surface area (Å²) in [6.45, 7) is 2.09. The molecule has 1 N–H and O–H groups in total. The van der Waals surface area contributed by atoms with E-state index >= 15 is 0 Å². The van der Waals surface area contributed by atoms with Crippen LogP contribution in [-0.2, 0) is 0 Å². The van der Waals surface area contributed by atoms with Crippen molar-refractivity contribution in [3.8, 4) is 0 Å². The number of carboxylic acids is 1. The van der Waals surface area contributed by atoms with Crippen LogP contribution in [0.5, 0.6) is 0 Å². The van der Waals surface area contributed by atoms with Crippen LogP contribution in [-0.4, -0.2) is 16.1 Å². The SMILES string of the molecule is C[C@H]1C[C@H]1c1nc(C(=O)O)co1. The normalized spacial score (nSPS) is 27.1. The molecule has 1 saturated carbocycles. The van der Waals surface area contributed by atoms with Gasteiger partial charge in [-0.2, -0.15) is 0 Å². The second-order valence-corrected chi connectivity index (χ2v) is 3.20. The van der Waals surface area contributed by atoms with Crippen LogP contribution in [0.3, 0.4) is 0 Å². The average Bonchev–Trinajstić information content (AvgIpc) is 2.59. The lowest BCUT2D eigenvalue weighted by molar-refractivity contribution is 0.0690. The van der Waals surface area contributed by atoms with E-state index in [9.17, 15) is 4.79 Å². The molecule has 2 rings (SSSR count). The minimum atomic E-state index is -1.03. The van der Waals surface area contributed by atoms with Crippen molar-refractivity contribution in [3.63, 3.8) is 0 Å². The number of aromatic nitrogens is 1. The lowest BCUT2D eigenvalue weighted by Gasteiger charge is -1.85. The molecular formula is C8H9NO3. The molecule has 0 bridgehead atoms. The molecule has 1 aromatic heterocycles. The largest absolute Gasteiger partial charge is 0.476 e. The molecule has 0 aliphatic heterocycles. The number of nitrogens with zero attached hydrogens (tertiary/aromatic N) is 1. The molecular weight excluding hydrogens is 158 g/mol. The van der Waals surface area contributed by atoms with E-state index in [1.807, 2.05) is 0 Å². The zero-order valence-electron chi connectivity index (χ0n) is 6.65. The Hall–Kier alpha value is -1.32. The predicted molar refractivity (Wildman–Crippen MR) is 40.0 cm³/mol. The molecule has 1 fully saturated rings. The molecule has 4 nitrogen and oxygen atoms in total. The number of rotatable bonds is 2. The fraction of sp³-hybridized carbons (Fsp3) is 0.500. The highest BCUT2D eigenvalue weighted by molar-refractivity contribution is 5.84. The molecule has 4 heteroatoms. The van der Waals surface area contributed by atoms with Crippen molar-refractivity contribution < 1.29 is 14.3 Å². The van der Waals surface area contributed by atoms with E-state index in [0.29, 0.717) is 17.7 Å². The molecule has 1 aliphatic rings. The van der Waals surface area contributed by atoms with Crippen molar-refractivity contribution in [2.24, 2.45) is 5.92 Å². The number of carbonyl (C=O) groups is 1. The molecule has 1 aromatic rings. The van der Waals surface area contributed by atoms with E-state index in [-0.39, 0.29) is 5.69 Å². The summed E-state index contributed by atoms with van der Waals surface area (Å²) in [6.07, 6.45) is 2.25. The first kappa shape index (κ1) is 7.34. The Kier molecular flexibility index (Phi) is 1.43. The van der Waals surface area contributed by atoms with Crippen LogP contribution in [0.4, 0.5) is 0 Å². The van der Waals surface area contributed by atoms with Gasteiger partial charge < -0.3 is 9.52 Å². The van der Waals surface area contributed by atoms with E-state index in [0.717, 1.165) is 6.42 Å². The third-order valence-electron chi connectivity index (χ3n) is 2.17. The fourth-order valence-electron chi connectivity index (χ4n) is 1.22. The van der Waals surface area contributed by atoms with Crippen LogP contribution < -0.4 is 0 Å². The van der Waals surface area contributed by atoms with Gasteiger partial charge in [-0.3, -0.25) is 0 Å². The summed E-state index contributed by atoms with van der Waals surface area (Å²) in [6, 6.07) is 0. The van der Waals surface area contributed by atoms with Crippen LogP contribution in [0.15, 0.2) is 10.7 Å². The third kappa shape index (κ3) is 1.09. The Morgan fingerprint density at radius 1 is 1.83 bits per heavy atom. The average molecular weight is 167 g/mol. The minimum Gasteiger partial charge on any atom is -0.476 e. The quantitative estimate of drug-likeness (QED) is 0.724. The van der Waals surface area contributed by atoms with Gasteiger partial charge in [0.05, 0.1) is 0 Å². The Morgan fingerprint density at radius 2 is 2.50 bits per heavy atom. The lowest BCUT2D eigenvalue weighted by atomic mass is 10.3. The van der Waals surface area contributed by atoms with Crippen LogP contribution >= 0.6 is 0 Å². The van der Waals surface area contributed by atoms with Crippen LogP contribution in [0.25, 0.3) is 0 Å². The van der Waals surface area contributed by atoms with Gasteiger partial charge in [0.1, 0.15) is 6.26 Å². The van der Waals surface area contributed by atoms with Crippen molar-refractivity contribution >= 4 is 5.97 Å². The number of oxazole rings is 1. The third-order valence-corrected chi connectivity index (χ3v) is 2.17. The number of aromatic carboxylic acids is 1. The zero-order chi connectivity index (χ0) is 8.72. The van der Waals surface area contributed by atoms with Gasteiger partial charge in [0.15, 0.2) is 11.6 Å². The molecule has 0 aromatic carbocycles. The lowest BCUT2D eigenvalue weighted by Crippen LogP contribution is -1.96. The molecule has 12 heavy (non-hydrogen) atoms. The highest BCUT2D eigenvalue weighted by Crippen LogP contribution is 2.46. The van der Waals surface area contributed by atoms with Crippen LogP contribution in [0.1, 0.15) is 35.6 Å². The van der Waals surface area contributed by atoms with Gasteiger partial charge in [-0.25, -0.2) is 9.78 Å². The fourth-order valence-corrected chi connectivity index (χ4v) is 1.22. The predicted octanol–water partition coefficient (Wildman–Crippen LogP) is 1.50. The summed E-state index contributed by atoms with van der Waals surface area (Å²) in [7, 11) is 0. The van der Waals surface area contributed by atoms with Crippen molar-refractivity contribution in [1.82, 2.24) is 4.98 Å².